The quantitative estimate of drug-likeness (QED) is 0.519. The minimum absolute atomic E-state index is 0.159. The van der Waals surface area contributed by atoms with Gasteiger partial charge in [0.1, 0.15) is 6.04 Å². The van der Waals surface area contributed by atoms with Crippen molar-refractivity contribution < 1.29 is 14.3 Å². The second-order valence-corrected chi connectivity index (χ2v) is 5.54. The van der Waals surface area contributed by atoms with Crippen molar-refractivity contribution in [2.75, 3.05) is 25.2 Å². The summed E-state index contributed by atoms with van der Waals surface area (Å²) in [7, 11) is 1.85. The molecule has 0 aromatic carbocycles. The number of rotatable bonds is 8. The van der Waals surface area contributed by atoms with E-state index in [-0.39, 0.29) is 11.9 Å². The third kappa shape index (κ3) is 5.27. The van der Waals surface area contributed by atoms with Gasteiger partial charge in [-0.05, 0) is 31.9 Å². The Balaban J connectivity index is 2.06. The van der Waals surface area contributed by atoms with Crippen molar-refractivity contribution in [3.63, 3.8) is 0 Å². The average Bonchev–Trinajstić information content (AvgIpc) is 3.17. The van der Waals surface area contributed by atoms with Crippen LogP contribution in [0.15, 0.2) is 0 Å². The predicted molar refractivity (Wildman–Crippen MR) is 72.3 cm³/mol. The molecule has 1 aliphatic carbocycles. The first-order chi connectivity index (χ1) is 8.56. The number of nitrogens with zero attached hydrogens (tertiary/aromatic N) is 1. The zero-order valence-electron chi connectivity index (χ0n) is 11.1. The smallest absolute Gasteiger partial charge is 0.322 e. The number of ether oxygens (including phenoxy) is 1. The minimum Gasteiger partial charge on any atom is -0.465 e. The van der Waals surface area contributed by atoms with Crippen molar-refractivity contribution in [3.05, 3.63) is 0 Å². The predicted octanol–water partition coefficient (Wildman–Crippen LogP) is 0.621. The molecule has 0 saturated heterocycles. The van der Waals surface area contributed by atoms with Crippen molar-refractivity contribution in [1.29, 1.82) is 0 Å². The molecule has 6 heteroatoms. The number of carbonyl (C=O) groups excluding carboxylic acids is 2. The second kappa shape index (κ2) is 7.63. The molecule has 0 radical (unpaired) electrons. The van der Waals surface area contributed by atoms with Gasteiger partial charge in [-0.2, -0.15) is 11.8 Å². The van der Waals surface area contributed by atoms with Crippen molar-refractivity contribution in [2.24, 2.45) is 5.73 Å². The van der Waals surface area contributed by atoms with Gasteiger partial charge >= 0.3 is 5.97 Å². The summed E-state index contributed by atoms with van der Waals surface area (Å²) in [5, 5.41) is 0. The van der Waals surface area contributed by atoms with Gasteiger partial charge in [0.15, 0.2) is 0 Å². The topological polar surface area (TPSA) is 72.6 Å². The summed E-state index contributed by atoms with van der Waals surface area (Å²) in [5.74, 6) is 0.957. The molecule has 1 saturated carbocycles. The van der Waals surface area contributed by atoms with Crippen LogP contribution >= 0.6 is 11.8 Å². The van der Waals surface area contributed by atoms with E-state index in [4.69, 9.17) is 10.5 Å². The standard InChI is InChI=1S/C12H22N2O3S/c1-3-17-12(16)10(13)6-7-18-8-11(15)14(2)9-4-5-9/h9-10H,3-8,13H2,1-2H3. The Morgan fingerprint density at radius 2 is 2.17 bits per heavy atom. The molecular formula is C12H22N2O3S. The summed E-state index contributed by atoms with van der Waals surface area (Å²) in [6, 6.07) is -0.117. The molecule has 1 unspecified atom stereocenters. The van der Waals surface area contributed by atoms with Crippen LogP contribution in [-0.4, -0.2) is 54.0 Å². The molecule has 1 atom stereocenters. The Hall–Kier alpha value is -0.750. The lowest BCUT2D eigenvalue weighted by molar-refractivity contribution is -0.144. The van der Waals surface area contributed by atoms with Crippen molar-refractivity contribution in [2.45, 2.75) is 38.3 Å². The summed E-state index contributed by atoms with van der Waals surface area (Å²) in [6.07, 6.45) is 2.80. The van der Waals surface area contributed by atoms with Gasteiger partial charge in [0, 0.05) is 13.1 Å². The first kappa shape index (κ1) is 15.3. The molecule has 5 nitrogen and oxygen atoms in total. The van der Waals surface area contributed by atoms with Gasteiger partial charge in [0.05, 0.1) is 12.4 Å². The van der Waals surface area contributed by atoms with Crippen LogP contribution in [0.3, 0.4) is 0 Å². The molecule has 0 aromatic rings. The van der Waals surface area contributed by atoms with E-state index in [2.05, 4.69) is 0 Å². The molecule has 1 rings (SSSR count). The Morgan fingerprint density at radius 1 is 1.50 bits per heavy atom. The summed E-state index contributed by atoms with van der Waals surface area (Å²) in [5.41, 5.74) is 5.65. The van der Waals surface area contributed by atoms with E-state index >= 15 is 0 Å². The number of amides is 1. The van der Waals surface area contributed by atoms with Crippen LogP contribution in [0.1, 0.15) is 26.2 Å². The first-order valence-corrected chi connectivity index (χ1v) is 7.47. The summed E-state index contributed by atoms with van der Waals surface area (Å²) in [4.78, 5) is 24.8. The lowest BCUT2D eigenvalue weighted by atomic mass is 10.2. The van der Waals surface area contributed by atoms with E-state index in [1.165, 1.54) is 11.8 Å². The zero-order chi connectivity index (χ0) is 13.5. The van der Waals surface area contributed by atoms with Crippen LogP contribution in [-0.2, 0) is 14.3 Å². The van der Waals surface area contributed by atoms with Gasteiger partial charge in [-0.25, -0.2) is 0 Å². The molecule has 0 aromatic heterocycles. The maximum absolute atomic E-state index is 11.7. The van der Waals surface area contributed by atoms with E-state index in [1.54, 1.807) is 6.92 Å². The zero-order valence-corrected chi connectivity index (χ0v) is 11.9. The van der Waals surface area contributed by atoms with Crippen LogP contribution in [0, 0.1) is 0 Å². The molecule has 0 aliphatic heterocycles. The van der Waals surface area contributed by atoms with Crippen molar-refractivity contribution >= 4 is 23.6 Å². The highest BCUT2D eigenvalue weighted by Crippen LogP contribution is 2.25. The largest absolute Gasteiger partial charge is 0.465 e. The molecule has 104 valence electrons. The monoisotopic (exact) mass is 274 g/mol. The number of esters is 1. The summed E-state index contributed by atoms with van der Waals surface area (Å²) >= 11 is 1.52. The number of hydrogen-bond donors (Lipinski definition) is 1. The van der Waals surface area contributed by atoms with Crippen molar-refractivity contribution in [3.8, 4) is 0 Å². The molecule has 18 heavy (non-hydrogen) atoms. The van der Waals surface area contributed by atoms with E-state index in [1.807, 2.05) is 11.9 Å². The average molecular weight is 274 g/mol. The number of nitrogens with two attached hydrogens (primary N) is 1. The molecule has 1 amide bonds. The lowest BCUT2D eigenvalue weighted by Crippen LogP contribution is -2.33. The summed E-state index contributed by atoms with van der Waals surface area (Å²) < 4.78 is 4.81. The van der Waals surface area contributed by atoms with Crippen LogP contribution in [0.2, 0.25) is 0 Å². The maximum atomic E-state index is 11.7. The van der Waals surface area contributed by atoms with Gasteiger partial charge in [0.2, 0.25) is 5.91 Å². The fourth-order valence-corrected chi connectivity index (χ4v) is 2.45. The maximum Gasteiger partial charge on any atom is 0.322 e. The molecular weight excluding hydrogens is 252 g/mol. The molecule has 1 aliphatic rings. The third-order valence-corrected chi connectivity index (χ3v) is 3.85. The fourth-order valence-electron chi connectivity index (χ4n) is 1.50. The molecule has 0 bridgehead atoms. The Bertz CT molecular complexity index is 295. The normalized spacial score (nSPS) is 16.2. The SMILES string of the molecule is CCOC(=O)C(N)CCSCC(=O)N(C)C1CC1. The Labute approximate surface area is 112 Å². The minimum atomic E-state index is -0.575. The van der Waals surface area contributed by atoms with Gasteiger partial charge in [0.25, 0.3) is 0 Å². The first-order valence-electron chi connectivity index (χ1n) is 6.31. The van der Waals surface area contributed by atoms with Gasteiger partial charge < -0.3 is 15.4 Å². The highest BCUT2D eigenvalue weighted by atomic mass is 32.2. The van der Waals surface area contributed by atoms with Crippen LogP contribution in [0.5, 0.6) is 0 Å². The van der Waals surface area contributed by atoms with E-state index in [0.29, 0.717) is 30.6 Å². The van der Waals surface area contributed by atoms with Crippen molar-refractivity contribution in [1.82, 2.24) is 4.90 Å². The number of hydrogen-bond acceptors (Lipinski definition) is 5. The van der Waals surface area contributed by atoms with Crippen LogP contribution < -0.4 is 5.73 Å². The molecule has 2 N–H and O–H groups in total. The summed E-state index contributed by atoms with van der Waals surface area (Å²) in [6.45, 7) is 2.11. The molecule has 0 spiro atoms. The highest BCUT2D eigenvalue weighted by Gasteiger charge is 2.29. The Morgan fingerprint density at radius 3 is 2.72 bits per heavy atom. The highest BCUT2D eigenvalue weighted by molar-refractivity contribution is 7.99. The van der Waals surface area contributed by atoms with E-state index in [9.17, 15) is 9.59 Å². The molecule has 1 fully saturated rings. The number of carbonyl (C=O) groups is 2. The fraction of sp³-hybridized carbons (Fsp3) is 0.833. The van der Waals surface area contributed by atoms with E-state index < -0.39 is 6.04 Å². The lowest BCUT2D eigenvalue weighted by Gasteiger charge is -2.16. The van der Waals surface area contributed by atoms with Crippen LogP contribution in [0.4, 0.5) is 0 Å². The molecule has 0 heterocycles. The number of thioether (sulfide) groups is 1. The van der Waals surface area contributed by atoms with Gasteiger partial charge in [-0.3, -0.25) is 9.59 Å². The third-order valence-electron chi connectivity index (χ3n) is 2.88. The van der Waals surface area contributed by atoms with E-state index in [0.717, 1.165) is 12.8 Å². The van der Waals surface area contributed by atoms with Gasteiger partial charge in [-0.15, -0.1) is 0 Å². The van der Waals surface area contributed by atoms with Gasteiger partial charge in [-0.1, -0.05) is 0 Å². The van der Waals surface area contributed by atoms with Crippen LogP contribution in [0.25, 0.3) is 0 Å². The Kier molecular flexibility index (Phi) is 6.49. The second-order valence-electron chi connectivity index (χ2n) is 4.44.